The molecule has 3 rings (SSSR count). The van der Waals surface area contributed by atoms with E-state index in [1.807, 2.05) is 31.2 Å². The van der Waals surface area contributed by atoms with Gasteiger partial charge in [0.2, 0.25) is 5.75 Å². The molecule has 3 aromatic rings. The number of hydrogen-bond donors (Lipinski definition) is 2. The third-order valence-electron chi connectivity index (χ3n) is 4.26. The van der Waals surface area contributed by atoms with Gasteiger partial charge in [-0.05, 0) is 13.0 Å². The van der Waals surface area contributed by atoms with Crippen LogP contribution in [0.5, 0.6) is 17.2 Å². The molecule has 0 aliphatic heterocycles. The number of hydrogen-bond acceptors (Lipinski definition) is 6. The highest BCUT2D eigenvalue weighted by Crippen LogP contribution is 2.40. The molecular weight excluding hydrogens is 374 g/mol. The number of anilines is 1. The number of amides is 1. The van der Waals surface area contributed by atoms with E-state index in [4.69, 9.17) is 14.2 Å². The molecule has 8 heteroatoms. The standard InChI is InChI=1S/C21H21N3O5/c1-12-5-7-13(8-6-12)15-11-16(24-21(26)23-15)20(25)22-14-9-17(27-2)19(29-4)18(10-14)28-3/h5-11H,1-4H3,(H,22,25)(H,23,24,26). The molecule has 2 N–H and O–H groups in total. The maximum absolute atomic E-state index is 12.7. The van der Waals surface area contributed by atoms with Gasteiger partial charge in [-0.25, -0.2) is 4.79 Å². The van der Waals surface area contributed by atoms with Crippen molar-refractivity contribution in [1.29, 1.82) is 0 Å². The predicted octanol–water partition coefficient (Wildman–Crippen LogP) is 3.02. The number of nitrogens with one attached hydrogen (secondary N) is 2. The van der Waals surface area contributed by atoms with E-state index in [0.29, 0.717) is 28.6 Å². The molecule has 0 fully saturated rings. The molecule has 0 bridgehead atoms. The van der Waals surface area contributed by atoms with Crippen LogP contribution in [0.25, 0.3) is 11.3 Å². The zero-order valence-electron chi connectivity index (χ0n) is 16.5. The van der Waals surface area contributed by atoms with Crippen LogP contribution in [-0.4, -0.2) is 37.2 Å². The number of carbonyl (C=O) groups is 1. The van der Waals surface area contributed by atoms with Gasteiger partial charge in [-0.1, -0.05) is 29.8 Å². The monoisotopic (exact) mass is 395 g/mol. The zero-order valence-corrected chi connectivity index (χ0v) is 16.5. The summed E-state index contributed by atoms with van der Waals surface area (Å²) in [5.74, 6) is 0.690. The van der Waals surface area contributed by atoms with Crippen LogP contribution in [0, 0.1) is 6.92 Å². The van der Waals surface area contributed by atoms with Crippen LogP contribution in [0.1, 0.15) is 16.1 Å². The molecule has 0 aliphatic rings. The highest BCUT2D eigenvalue weighted by molar-refractivity contribution is 6.03. The lowest BCUT2D eigenvalue weighted by molar-refractivity contribution is 0.102. The predicted molar refractivity (Wildman–Crippen MR) is 109 cm³/mol. The van der Waals surface area contributed by atoms with E-state index in [0.717, 1.165) is 11.1 Å². The lowest BCUT2D eigenvalue weighted by Gasteiger charge is -2.14. The van der Waals surface area contributed by atoms with Crippen LogP contribution in [0.15, 0.2) is 47.3 Å². The molecule has 1 aromatic heterocycles. The molecular formula is C21H21N3O5. The van der Waals surface area contributed by atoms with Gasteiger partial charge in [0.05, 0.1) is 27.0 Å². The van der Waals surface area contributed by atoms with Crippen molar-refractivity contribution < 1.29 is 19.0 Å². The van der Waals surface area contributed by atoms with Gasteiger partial charge in [-0.15, -0.1) is 0 Å². The number of carbonyl (C=O) groups excluding carboxylic acids is 1. The zero-order chi connectivity index (χ0) is 21.0. The summed E-state index contributed by atoms with van der Waals surface area (Å²) in [6, 6.07) is 12.2. The third-order valence-corrected chi connectivity index (χ3v) is 4.26. The van der Waals surface area contributed by atoms with Crippen LogP contribution in [0.4, 0.5) is 5.69 Å². The van der Waals surface area contributed by atoms with E-state index >= 15 is 0 Å². The lowest BCUT2D eigenvalue weighted by Crippen LogP contribution is -2.21. The van der Waals surface area contributed by atoms with Crippen molar-refractivity contribution in [3.05, 3.63) is 64.2 Å². The van der Waals surface area contributed by atoms with E-state index in [2.05, 4.69) is 15.3 Å². The van der Waals surface area contributed by atoms with E-state index in [1.54, 1.807) is 12.1 Å². The van der Waals surface area contributed by atoms with Crippen LogP contribution in [0.2, 0.25) is 0 Å². The highest BCUT2D eigenvalue weighted by Gasteiger charge is 2.16. The van der Waals surface area contributed by atoms with Crippen molar-refractivity contribution in [3.8, 4) is 28.5 Å². The largest absolute Gasteiger partial charge is 0.493 e. The Labute approximate surface area is 167 Å². The molecule has 1 heterocycles. The van der Waals surface area contributed by atoms with Gasteiger partial charge >= 0.3 is 5.69 Å². The quantitative estimate of drug-likeness (QED) is 0.665. The molecule has 8 nitrogen and oxygen atoms in total. The summed E-state index contributed by atoms with van der Waals surface area (Å²) in [6.07, 6.45) is 0. The second-order valence-corrected chi connectivity index (χ2v) is 6.22. The fraction of sp³-hybridized carbons (Fsp3) is 0.190. The first-order valence-electron chi connectivity index (χ1n) is 8.75. The Morgan fingerprint density at radius 3 is 2.14 bits per heavy atom. The Balaban J connectivity index is 1.93. The number of benzene rings is 2. The summed E-state index contributed by atoms with van der Waals surface area (Å²) >= 11 is 0. The summed E-state index contributed by atoms with van der Waals surface area (Å²) in [7, 11) is 4.46. The molecule has 1 amide bonds. The number of methoxy groups -OCH3 is 3. The average Bonchev–Trinajstić information content (AvgIpc) is 2.72. The lowest BCUT2D eigenvalue weighted by atomic mass is 10.1. The normalized spacial score (nSPS) is 10.3. The van der Waals surface area contributed by atoms with Crippen molar-refractivity contribution in [2.24, 2.45) is 0 Å². The van der Waals surface area contributed by atoms with Gasteiger partial charge in [-0.2, -0.15) is 4.98 Å². The first-order valence-corrected chi connectivity index (χ1v) is 8.75. The molecule has 0 aliphatic carbocycles. The van der Waals surface area contributed by atoms with Crippen molar-refractivity contribution in [2.75, 3.05) is 26.6 Å². The number of aryl methyl sites for hydroxylation is 1. The molecule has 0 saturated carbocycles. The van der Waals surface area contributed by atoms with Crippen molar-refractivity contribution >= 4 is 11.6 Å². The van der Waals surface area contributed by atoms with Gasteiger partial charge in [0, 0.05) is 23.4 Å². The summed E-state index contributed by atoms with van der Waals surface area (Å²) in [6.45, 7) is 1.96. The summed E-state index contributed by atoms with van der Waals surface area (Å²) in [5, 5.41) is 2.72. The minimum atomic E-state index is -0.613. The minimum absolute atomic E-state index is 0.0781. The van der Waals surface area contributed by atoms with E-state index < -0.39 is 11.6 Å². The fourth-order valence-corrected chi connectivity index (χ4v) is 2.80. The Kier molecular flexibility index (Phi) is 5.82. The summed E-state index contributed by atoms with van der Waals surface area (Å²) in [4.78, 5) is 31.1. The first-order chi connectivity index (χ1) is 13.9. The summed E-state index contributed by atoms with van der Waals surface area (Å²) in [5.41, 5.74) is 2.11. The Morgan fingerprint density at radius 2 is 1.59 bits per heavy atom. The number of nitrogens with zero attached hydrogens (tertiary/aromatic N) is 1. The van der Waals surface area contributed by atoms with Crippen LogP contribution >= 0.6 is 0 Å². The Morgan fingerprint density at radius 1 is 0.966 bits per heavy atom. The molecule has 0 saturated heterocycles. The highest BCUT2D eigenvalue weighted by atomic mass is 16.5. The van der Waals surface area contributed by atoms with Crippen molar-refractivity contribution in [1.82, 2.24) is 9.97 Å². The smallest absolute Gasteiger partial charge is 0.346 e. The van der Waals surface area contributed by atoms with E-state index in [1.165, 1.54) is 27.4 Å². The second-order valence-electron chi connectivity index (χ2n) is 6.22. The first kappa shape index (κ1) is 19.9. The van der Waals surface area contributed by atoms with Gasteiger partial charge in [0.15, 0.2) is 11.5 Å². The maximum atomic E-state index is 12.7. The molecule has 0 unspecified atom stereocenters. The summed E-state index contributed by atoms with van der Waals surface area (Å²) < 4.78 is 15.8. The number of rotatable bonds is 6. The number of H-pyrrole nitrogens is 1. The maximum Gasteiger partial charge on any atom is 0.346 e. The molecule has 0 radical (unpaired) electrons. The SMILES string of the molecule is COc1cc(NC(=O)c2cc(-c3ccc(C)cc3)nc(=O)[nH]2)cc(OC)c1OC. The minimum Gasteiger partial charge on any atom is -0.493 e. The van der Waals surface area contributed by atoms with E-state index in [9.17, 15) is 9.59 Å². The van der Waals surface area contributed by atoms with Crippen LogP contribution in [-0.2, 0) is 0 Å². The van der Waals surface area contributed by atoms with Gasteiger partial charge in [0.25, 0.3) is 5.91 Å². The van der Waals surface area contributed by atoms with Gasteiger partial charge in [-0.3, -0.25) is 4.79 Å². The number of ether oxygens (including phenoxy) is 3. The second kappa shape index (κ2) is 8.47. The fourth-order valence-electron chi connectivity index (χ4n) is 2.80. The Hall–Kier alpha value is -3.81. The average molecular weight is 395 g/mol. The van der Waals surface area contributed by atoms with Crippen molar-refractivity contribution in [2.45, 2.75) is 6.92 Å². The molecule has 0 spiro atoms. The Bertz CT molecular complexity index is 1070. The van der Waals surface area contributed by atoms with Crippen LogP contribution in [0.3, 0.4) is 0 Å². The molecule has 0 atom stereocenters. The molecule has 150 valence electrons. The molecule has 29 heavy (non-hydrogen) atoms. The molecule has 2 aromatic carbocycles. The number of aromatic amines is 1. The van der Waals surface area contributed by atoms with E-state index in [-0.39, 0.29) is 5.69 Å². The van der Waals surface area contributed by atoms with Crippen LogP contribution < -0.4 is 25.2 Å². The third kappa shape index (κ3) is 4.37. The van der Waals surface area contributed by atoms with Gasteiger partial charge < -0.3 is 24.5 Å². The van der Waals surface area contributed by atoms with Crippen molar-refractivity contribution in [3.63, 3.8) is 0 Å². The van der Waals surface area contributed by atoms with Gasteiger partial charge in [0.1, 0.15) is 5.69 Å². The topological polar surface area (TPSA) is 103 Å². The number of aromatic nitrogens is 2.